The van der Waals surface area contributed by atoms with Crippen LogP contribution in [0.3, 0.4) is 0 Å². The van der Waals surface area contributed by atoms with Crippen LogP contribution in [0, 0.1) is 11.7 Å². The Bertz CT molecular complexity index is 1270. The second kappa shape index (κ2) is 7.42. The molecule has 1 N–H and O–H groups in total. The first kappa shape index (κ1) is 21.2. The SMILES string of the molecule is CC(C)(C)c1ccc([C@H]2c3sc(=O)[nH]c3SC3C(=O)N(c4ccc(F)cc4)C(=O)C32)cc1. The van der Waals surface area contributed by atoms with Gasteiger partial charge in [0.05, 0.1) is 16.6 Å². The first-order valence-electron chi connectivity index (χ1n) is 10.3. The molecule has 32 heavy (non-hydrogen) atoms. The van der Waals surface area contributed by atoms with E-state index >= 15 is 0 Å². The number of benzene rings is 2. The van der Waals surface area contributed by atoms with Crippen molar-refractivity contribution in [2.75, 3.05) is 4.90 Å². The molecule has 1 saturated heterocycles. The number of thiazole rings is 1. The van der Waals surface area contributed by atoms with Crippen molar-refractivity contribution in [1.82, 2.24) is 4.98 Å². The molecular weight excluding hydrogens is 447 g/mol. The molecular formula is C24H21FN2O3S2. The highest BCUT2D eigenvalue weighted by Gasteiger charge is 2.56. The van der Waals surface area contributed by atoms with Crippen LogP contribution in [0.15, 0.2) is 58.4 Å². The topological polar surface area (TPSA) is 70.2 Å². The van der Waals surface area contributed by atoms with E-state index in [1.165, 1.54) is 36.0 Å². The number of aromatic amines is 1. The molecule has 2 aliphatic rings. The average molecular weight is 469 g/mol. The van der Waals surface area contributed by atoms with E-state index in [1.807, 2.05) is 24.3 Å². The van der Waals surface area contributed by atoms with Crippen molar-refractivity contribution in [3.05, 3.63) is 80.0 Å². The number of hydrogen-bond acceptors (Lipinski definition) is 5. The Kier molecular flexibility index (Phi) is 4.90. The quantitative estimate of drug-likeness (QED) is 0.555. The second-order valence-electron chi connectivity index (χ2n) is 9.11. The monoisotopic (exact) mass is 468 g/mol. The predicted molar refractivity (Wildman–Crippen MR) is 124 cm³/mol. The summed E-state index contributed by atoms with van der Waals surface area (Å²) >= 11 is 2.33. The first-order valence-corrected chi connectivity index (χ1v) is 12.0. The van der Waals surface area contributed by atoms with Crippen molar-refractivity contribution in [2.24, 2.45) is 5.92 Å². The van der Waals surface area contributed by atoms with E-state index in [0.29, 0.717) is 10.7 Å². The molecule has 0 aliphatic carbocycles. The van der Waals surface area contributed by atoms with E-state index in [9.17, 15) is 18.8 Å². The molecule has 5 rings (SSSR count). The zero-order valence-corrected chi connectivity index (χ0v) is 19.4. The number of aromatic nitrogens is 1. The van der Waals surface area contributed by atoms with Gasteiger partial charge in [0.1, 0.15) is 11.1 Å². The van der Waals surface area contributed by atoms with Crippen LogP contribution in [-0.4, -0.2) is 22.0 Å². The van der Waals surface area contributed by atoms with E-state index in [2.05, 4.69) is 25.8 Å². The molecule has 5 nitrogen and oxygen atoms in total. The first-order chi connectivity index (χ1) is 15.1. The maximum absolute atomic E-state index is 13.6. The third-order valence-corrected chi connectivity index (χ3v) is 8.45. The Balaban J connectivity index is 1.61. The van der Waals surface area contributed by atoms with Crippen molar-refractivity contribution < 1.29 is 14.0 Å². The number of rotatable bonds is 2. The van der Waals surface area contributed by atoms with Crippen LogP contribution in [0.2, 0.25) is 0 Å². The number of nitrogens with zero attached hydrogens (tertiary/aromatic N) is 1. The number of imide groups is 1. The number of anilines is 1. The van der Waals surface area contributed by atoms with E-state index in [0.717, 1.165) is 32.2 Å². The smallest absolute Gasteiger partial charge is 0.305 e. The highest BCUT2D eigenvalue weighted by atomic mass is 32.2. The van der Waals surface area contributed by atoms with Crippen LogP contribution >= 0.6 is 23.1 Å². The number of thioether (sulfide) groups is 1. The van der Waals surface area contributed by atoms with Gasteiger partial charge in [-0.2, -0.15) is 0 Å². The lowest BCUT2D eigenvalue weighted by Gasteiger charge is -2.30. The maximum Gasteiger partial charge on any atom is 0.305 e. The standard InChI is InChI=1S/C24H21FN2O3S2/c1-24(2,3)13-6-4-12(5-7-13)16-17-19(31-20-18(16)32-23(30)26-20)22(29)27(21(17)28)15-10-8-14(25)9-11-15/h4-11,16-17,19H,1-3H3,(H,26,30)/t16-,17?,19?/m1/s1. The van der Waals surface area contributed by atoms with Gasteiger partial charge < -0.3 is 4.98 Å². The molecule has 1 fully saturated rings. The third-order valence-electron chi connectivity index (χ3n) is 6.04. The van der Waals surface area contributed by atoms with E-state index < -0.39 is 22.9 Å². The van der Waals surface area contributed by atoms with Crippen LogP contribution in [0.5, 0.6) is 0 Å². The molecule has 3 atom stereocenters. The molecule has 3 aromatic rings. The van der Waals surface area contributed by atoms with Crippen molar-refractivity contribution in [1.29, 1.82) is 0 Å². The molecule has 0 saturated carbocycles. The van der Waals surface area contributed by atoms with Gasteiger partial charge in [-0.3, -0.25) is 14.4 Å². The fourth-order valence-electron chi connectivity index (χ4n) is 4.41. The van der Waals surface area contributed by atoms with Crippen molar-refractivity contribution in [3.63, 3.8) is 0 Å². The normalized spacial score (nSPS) is 22.8. The summed E-state index contributed by atoms with van der Waals surface area (Å²) in [6.07, 6.45) is 0. The summed E-state index contributed by atoms with van der Waals surface area (Å²) < 4.78 is 13.4. The minimum Gasteiger partial charge on any atom is -0.307 e. The van der Waals surface area contributed by atoms with Crippen molar-refractivity contribution >= 4 is 40.6 Å². The largest absolute Gasteiger partial charge is 0.307 e. The zero-order chi connectivity index (χ0) is 22.8. The maximum atomic E-state index is 13.6. The van der Waals surface area contributed by atoms with Crippen LogP contribution in [-0.2, 0) is 15.0 Å². The molecule has 0 spiro atoms. The van der Waals surface area contributed by atoms with Gasteiger partial charge in [0.15, 0.2) is 0 Å². The Morgan fingerprint density at radius 3 is 2.22 bits per heavy atom. The summed E-state index contributed by atoms with van der Waals surface area (Å²) in [5.74, 6) is -2.15. The number of amides is 2. The van der Waals surface area contributed by atoms with Crippen LogP contribution in [0.1, 0.15) is 42.7 Å². The Morgan fingerprint density at radius 1 is 0.938 bits per heavy atom. The molecule has 8 heteroatoms. The minimum atomic E-state index is -0.655. The number of carbonyl (C=O) groups is 2. The number of hydrogen-bond donors (Lipinski definition) is 1. The Labute approximate surface area is 192 Å². The Hall–Kier alpha value is -2.71. The molecule has 2 aromatic carbocycles. The summed E-state index contributed by atoms with van der Waals surface area (Å²) in [6, 6.07) is 13.4. The van der Waals surface area contributed by atoms with Crippen molar-refractivity contribution in [3.8, 4) is 0 Å². The fraction of sp³-hybridized carbons (Fsp3) is 0.292. The van der Waals surface area contributed by atoms with Crippen LogP contribution in [0.25, 0.3) is 0 Å². The molecule has 0 radical (unpaired) electrons. The molecule has 2 amide bonds. The van der Waals surface area contributed by atoms with Gasteiger partial charge in [0.25, 0.3) is 0 Å². The average Bonchev–Trinajstić information content (AvgIpc) is 3.23. The van der Waals surface area contributed by atoms with Crippen LogP contribution in [0.4, 0.5) is 10.1 Å². The predicted octanol–water partition coefficient (Wildman–Crippen LogP) is 4.67. The van der Waals surface area contributed by atoms with E-state index in [1.54, 1.807) is 0 Å². The summed E-state index contributed by atoms with van der Waals surface area (Å²) in [6.45, 7) is 6.39. The molecule has 0 bridgehead atoms. The second-order valence-corrected chi connectivity index (χ2v) is 11.3. The minimum absolute atomic E-state index is 0.0218. The number of halogens is 1. The fourth-order valence-corrected chi connectivity index (χ4v) is 6.93. The summed E-state index contributed by atoms with van der Waals surface area (Å²) in [7, 11) is 0. The lowest BCUT2D eigenvalue weighted by molar-refractivity contribution is -0.122. The van der Waals surface area contributed by atoms with E-state index in [4.69, 9.17) is 0 Å². The summed E-state index contributed by atoms with van der Waals surface area (Å²) in [5.41, 5.74) is 2.39. The Morgan fingerprint density at radius 2 is 1.59 bits per heavy atom. The van der Waals surface area contributed by atoms with Gasteiger partial charge in [-0.15, -0.1) is 0 Å². The number of H-pyrrole nitrogens is 1. The number of fused-ring (bicyclic) bond motifs is 2. The highest BCUT2D eigenvalue weighted by molar-refractivity contribution is 8.00. The third kappa shape index (κ3) is 3.33. The van der Waals surface area contributed by atoms with Crippen molar-refractivity contribution in [2.45, 2.75) is 42.4 Å². The molecule has 3 heterocycles. The molecule has 1 aromatic heterocycles. The molecule has 2 aliphatic heterocycles. The van der Waals surface area contributed by atoms with Gasteiger partial charge in [0.2, 0.25) is 11.8 Å². The lowest BCUT2D eigenvalue weighted by Crippen LogP contribution is -2.32. The highest BCUT2D eigenvalue weighted by Crippen LogP contribution is 2.53. The number of carbonyl (C=O) groups excluding carboxylic acids is 2. The van der Waals surface area contributed by atoms with Gasteiger partial charge >= 0.3 is 4.87 Å². The van der Waals surface area contributed by atoms with Gasteiger partial charge in [0, 0.05) is 10.8 Å². The van der Waals surface area contributed by atoms with Crippen LogP contribution < -0.4 is 9.77 Å². The van der Waals surface area contributed by atoms with E-state index in [-0.39, 0.29) is 22.1 Å². The van der Waals surface area contributed by atoms with Gasteiger partial charge in [-0.25, -0.2) is 9.29 Å². The number of nitrogens with one attached hydrogen (secondary N) is 1. The molecule has 164 valence electrons. The zero-order valence-electron chi connectivity index (χ0n) is 17.7. The summed E-state index contributed by atoms with van der Waals surface area (Å²) in [4.78, 5) is 43.6. The van der Waals surface area contributed by atoms with Gasteiger partial charge in [-0.1, -0.05) is 68.1 Å². The van der Waals surface area contributed by atoms with Gasteiger partial charge in [-0.05, 0) is 40.8 Å². The summed E-state index contributed by atoms with van der Waals surface area (Å²) in [5, 5.41) is -0.00847. The molecule has 2 unspecified atom stereocenters. The lowest BCUT2D eigenvalue weighted by atomic mass is 9.81.